The SMILES string of the molecule is O=C(CN1CCN(S(=O)(=O)c2ccc(F)cc2)CC1)NC1CCCCCC1. The van der Waals surface area contributed by atoms with Gasteiger partial charge in [-0.3, -0.25) is 9.69 Å². The first-order valence-corrected chi connectivity index (χ1v) is 11.2. The Morgan fingerprint density at radius 2 is 1.59 bits per heavy atom. The van der Waals surface area contributed by atoms with Crippen LogP contribution in [0.4, 0.5) is 4.39 Å². The Balaban J connectivity index is 1.48. The van der Waals surface area contributed by atoms with Gasteiger partial charge in [0.05, 0.1) is 11.4 Å². The standard InChI is InChI=1S/C19H28FN3O3S/c20-16-7-9-18(10-8-16)27(25,26)23-13-11-22(12-14-23)15-19(24)21-17-5-3-1-2-4-6-17/h7-10,17H,1-6,11-15H2,(H,21,24). The maximum Gasteiger partial charge on any atom is 0.243 e. The van der Waals surface area contributed by atoms with Crippen molar-refractivity contribution in [3.63, 3.8) is 0 Å². The van der Waals surface area contributed by atoms with Crippen LogP contribution in [0.5, 0.6) is 0 Å². The van der Waals surface area contributed by atoms with Gasteiger partial charge in [0.15, 0.2) is 0 Å². The molecule has 0 aromatic heterocycles. The van der Waals surface area contributed by atoms with Crippen molar-refractivity contribution in [3.05, 3.63) is 30.1 Å². The maximum absolute atomic E-state index is 13.0. The number of sulfonamides is 1. The lowest BCUT2D eigenvalue weighted by Crippen LogP contribution is -2.51. The Kier molecular flexibility index (Phi) is 6.83. The molecule has 1 heterocycles. The number of hydrogen-bond donors (Lipinski definition) is 1. The molecule has 1 aromatic carbocycles. The average molecular weight is 398 g/mol. The molecule has 0 radical (unpaired) electrons. The van der Waals surface area contributed by atoms with Crippen LogP contribution in [0, 0.1) is 5.82 Å². The second kappa shape index (κ2) is 9.12. The summed E-state index contributed by atoms with van der Waals surface area (Å²) in [5.41, 5.74) is 0. The van der Waals surface area contributed by atoms with Gasteiger partial charge >= 0.3 is 0 Å². The Bertz CT molecular complexity index is 723. The van der Waals surface area contributed by atoms with Crippen LogP contribution in [0.2, 0.25) is 0 Å². The number of nitrogens with zero attached hydrogens (tertiary/aromatic N) is 2. The van der Waals surface area contributed by atoms with Crippen molar-refractivity contribution in [1.82, 2.24) is 14.5 Å². The quantitative estimate of drug-likeness (QED) is 0.772. The summed E-state index contributed by atoms with van der Waals surface area (Å²) in [7, 11) is -3.62. The van der Waals surface area contributed by atoms with Gasteiger partial charge in [0.2, 0.25) is 15.9 Å². The topological polar surface area (TPSA) is 69.7 Å². The second-order valence-corrected chi connectivity index (χ2v) is 9.33. The van der Waals surface area contributed by atoms with Gasteiger partial charge in [-0.25, -0.2) is 12.8 Å². The largest absolute Gasteiger partial charge is 0.352 e. The van der Waals surface area contributed by atoms with Crippen LogP contribution >= 0.6 is 0 Å². The highest BCUT2D eigenvalue weighted by atomic mass is 32.2. The smallest absolute Gasteiger partial charge is 0.243 e. The third-order valence-electron chi connectivity index (χ3n) is 5.37. The van der Waals surface area contributed by atoms with Gasteiger partial charge in [0.1, 0.15) is 5.82 Å². The van der Waals surface area contributed by atoms with Crippen molar-refractivity contribution in [3.8, 4) is 0 Å². The Labute approximate surface area is 160 Å². The van der Waals surface area contributed by atoms with Gasteiger partial charge in [-0.15, -0.1) is 0 Å². The van der Waals surface area contributed by atoms with E-state index < -0.39 is 15.8 Å². The number of carbonyl (C=O) groups excluding carboxylic acids is 1. The second-order valence-electron chi connectivity index (χ2n) is 7.39. The minimum Gasteiger partial charge on any atom is -0.352 e. The van der Waals surface area contributed by atoms with Crippen LogP contribution in [0.25, 0.3) is 0 Å². The van der Waals surface area contributed by atoms with Gasteiger partial charge in [0.25, 0.3) is 0 Å². The molecule has 1 aliphatic heterocycles. The molecule has 1 saturated carbocycles. The molecule has 1 N–H and O–H groups in total. The minimum atomic E-state index is -3.62. The van der Waals surface area contributed by atoms with E-state index in [2.05, 4.69) is 5.32 Å². The summed E-state index contributed by atoms with van der Waals surface area (Å²) in [5.74, 6) is -0.435. The first-order chi connectivity index (χ1) is 12.9. The molecule has 150 valence electrons. The molecule has 2 fully saturated rings. The number of amides is 1. The molecular weight excluding hydrogens is 369 g/mol. The van der Waals surface area contributed by atoms with Crippen molar-refractivity contribution < 1.29 is 17.6 Å². The zero-order valence-corrected chi connectivity index (χ0v) is 16.4. The van der Waals surface area contributed by atoms with Crippen LogP contribution in [0.3, 0.4) is 0 Å². The Hall–Kier alpha value is -1.51. The fraction of sp³-hybridized carbons (Fsp3) is 0.632. The van der Waals surface area contributed by atoms with Gasteiger partial charge in [-0.05, 0) is 37.1 Å². The van der Waals surface area contributed by atoms with Crippen LogP contribution < -0.4 is 5.32 Å². The van der Waals surface area contributed by atoms with Crippen LogP contribution in [-0.4, -0.2) is 62.3 Å². The van der Waals surface area contributed by atoms with E-state index in [1.807, 2.05) is 4.90 Å². The predicted octanol–water partition coefficient (Wildman–Crippen LogP) is 1.97. The number of halogens is 1. The summed E-state index contributed by atoms with van der Waals surface area (Å²) in [4.78, 5) is 14.4. The van der Waals surface area contributed by atoms with Crippen molar-refractivity contribution in [2.75, 3.05) is 32.7 Å². The molecule has 1 saturated heterocycles. The maximum atomic E-state index is 13.0. The van der Waals surface area contributed by atoms with Gasteiger partial charge in [-0.2, -0.15) is 4.31 Å². The van der Waals surface area contributed by atoms with E-state index in [4.69, 9.17) is 0 Å². The van der Waals surface area contributed by atoms with Gasteiger partial charge < -0.3 is 5.32 Å². The highest BCUT2D eigenvalue weighted by molar-refractivity contribution is 7.89. The summed E-state index contributed by atoms with van der Waals surface area (Å²) in [6.45, 7) is 1.99. The highest BCUT2D eigenvalue weighted by Crippen LogP contribution is 2.19. The molecule has 2 aliphatic rings. The van der Waals surface area contributed by atoms with Crippen molar-refractivity contribution in [2.45, 2.75) is 49.5 Å². The number of rotatable bonds is 5. The normalized spacial score (nSPS) is 20.9. The van der Waals surface area contributed by atoms with E-state index >= 15 is 0 Å². The third-order valence-corrected chi connectivity index (χ3v) is 7.28. The number of hydrogen-bond acceptors (Lipinski definition) is 4. The predicted molar refractivity (Wildman–Crippen MR) is 101 cm³/mol. The molecule has 1 amide bonds. The molecular formula is C19H28FN3O3S. The zero-order chi connectivity index (χ0) is 19.3. The first-order valence-electron chi connectivity index (χ1n) is 9.72. The van der Waals surface area contributed by atoms with Crippen LogP contribution in [-0.2, 0) is 14.8 Å². The van der Waals surface area contributed by atoms with Crippen LogP contribution in [0.15, 0.2) is 29.2 Å². The molecule has 0 bridgehead atoms. The van der Waals surface area contributed by atoms with E-state index in [-0.39, 0.29) is 16.8 Å². The average Bonchev–Trinajstić information content (AvgIpc) is 2.91. The fourth-order valence-electron chi connectivity index (χ4n) is 3.78. The van der Waals surface area contributed by atoms with Gasteiger partial charge in [-0.1, -0.05) is 25.7 Å². The van der Waals surface area contributed by atoms with E-state index in [1.54, 1.807) is 0 Å². The molecule has 0 atom stereocenters. The minimum absolute atomic E-state index is 0.0248. The number of benzene rings is 1. The van der Waals surface area contributed by atoms with Crippen molar-refractivity contribution in [1.29, 1.82) is 0 Å². The van der Waals surface area contributed by atoms with Gasteiger partial charge in [0, 0.05) is 32.2 Å². The number of carbonyl (C=O) groups is 1. The van der Waals surface area contributed by atoms with E-state index in [9.17, 15) is 17.6 Å². The number of nitrogens with one attached hydrogen (secondary N) is 1. The molecule has 6 nitrogen and oxygen atoms in total. The van der Waals surface area contributed by atoms with E-state index in [0.717, 1.165) is 25.0 Å². The Morgan fingerprint density at radius 1 is 1.00 bits per heavy atom. The van der Waals surface area contributed by atoms with E-state index in [0.29, 0.717) is 32.7 Å². The third kappa shape index (κ3) is 5.49. The van der Waals surface area contributed by atoms with E-state index in [1.165, 1.54) is 42.1 Å². The fourth-order valence-corrected chi connectivity index (χ4v) is 5.21. The lowest BCUT2D eigenvalue weighted by atomic mass is 10.1. The number of piperazine rings is 1. The molecule has 0 spiro atoms. The zero-order valence-electron chi connectivity index (χ0n) is 15.6. The molecule has 1 aliphatic carbocycles. The summed E-state index contributed by atoms with van der Waals surface area (Å²) in [6.07, 6.45) is 6.94. The lowest BCUT2D eigenvalue weighted by molar-refractivity contribution is -0.123. The molecule has 27 heavy (non-hydrogen) atoms. The lowest BCUT2D eigenvalue weighted by Gasteiger charge is -2.33. The molecule has 8 heteroatoms. The summed E-state index contributed by atoms with van der Waals surface area (Å²) < 4.78 is 39.7. The summed E-state index contributed by atoms with van der Waals surface area (Å²) in [6, 6.07) is 5.16. The highest BCUT2D eigenvalue weighted by Gasteiger charge is 2.29. The monoisotopic (exact) mass is 397 g/mol. The summed E-state index contributed by atoms with van der Waals surface area (Å²) >= 11 is 0. The van der Waals surface area contributed by atoms with Crippen LogP contribution in [0.1, 0.15) is 38.5 Å². The molecule has 0 unspecified atom stereocenters. The molecule has 1 aromatic rings. The van der Waals surface area contributed by atoms with Crippen molar-refractivity contribution in [2.24, 2.45) is 0 Å². The van der Waals surface area contributed by atoms with Crippen molar-refractivity contribution >= 4 is 15.9 Å². The summed E-state index contributed by atoms with van der Waals surface area (Å²) in [5, 5.41) is 3.13. The molecule has 3 rings (SSSR count). The Morgan fingerprint density at radius 3 is 2.19 bits per heavy atom. The first kappa shape index (κ1) is 20.2.